The number of benzene rings is 1. The number of ether oxygens (including phenoxy) is 4. The monoisotopic (exact) mass is 631 g/mol. The topological polar surface area (TPSA) is 134 Å². The second kappa shape index (κ2) is 11.6. The molecular formula is C36H41NO9. The van der Waals surface area contributed by atoms with Crippen LogP contribution in [0, 0.1) is 28.6 Å². The Morgan fingerprint density at radius 3 is 2.59 bits per heavy atom. The number of fused-ring (bicyclic) bond motifs is 4. The third-order valence-electron chi connectivity index (χ3n) is 11.3. The van der Waals surface area contributed by atoms with Crippen molar-refractivity contribution in [1.29, 1.82) is 0 Å². The van der Waals surface area contributed by atoms with E-state index in [2.05, 4.69) is 25.8 Å². The standard InChI is InChI=1S/C36H41NO9/c1-20-13-14-34(3)27(35(20,4)19-43-21(2)38)17-28(45-32(40)23-11-7-8-12-24(23)42-6)36(5)31(34)30(39)29-26(46-36)16-25(44-33(29)41)22-10-9-15-37-18-22/h7-12,15-16,18,20,27-28,30-31,39H,13-14,17,19H2,1-6H3/t20-,27?,28-,30-,31?,34-,35+,36+/m0/s1. The summed E-state index contributed by atoms with van der Waals surface area (Å²) in [6, 6.07) is 11.9. The molecule has 6 rings (SSSR count). The number of hydrogen-bond donors (Lipinski definition) is 1. The van der Waals surface area contributed by atoms with Crippen molar-refractivity contribution in [2.24, 2.45) is 28.6 Å². The van der Waals surface area contributed by atoms with Crippen LogP contribution in [-0.2, 0) is 14.3 Å². The second-order valence-corrected chi connectivity index (χ2v) is 13.7. The van der Waals surface area contributed by atoms with Crippen LogP contribution in [0.1, 0.15) is 75.9 Å². The van der Waals surface area contributed by atoms with E-state index >= 15 is 0 Å². The summed E-state index contributed by atoms with van der Waals surface area (Å²) in [5.41, 5.74) is -2.21. The van der Waals surface area contributed by atoms with Crippen molar-refractivity contribution >= 4 is 11.9 Å². The highest BCUT2D eigenvalue weighted by Crippen LogP contribution is 2.68. The fourth-order valence-corrected chi connectivity index (χ4v) is 8.70. The van der Waals surface area contributed by atoms with Crippen LogP contribution in [0.2, 0.25) is 0 Å². The molecule has 1 aliphatic heterocycles. The van der Waals surface area contributed by atoms with E-state index in [0.717, 1.165) is 12.8 Å². The summed E-state index contributed by atoms with van der Waals surface area (Å²) in [7, 11) is 1.49. The third-order valence-corrected chi connectivity index (χ3v) is 11.3. The molecule has 3 aromatic rings. The van der Waals surface area contributed by atoms with Crippen LogP contribution in [0.25, 0.3) is 11.3 Å². The van der Waals surface area contributed by atoms with Gasteiger partial charge >= 0.3 is 17.6 Å². The highest BCUT2D eigenvalue weighted by atomic mass is 16.6. The van der Waals surface area contributed by atoms with Crippen molar-refractivity contribution in [2.75, 3.05) is 13.7 Å². The van der Waals surface area contributed by atoms with Crippen molar-refractivity contribution in [3.05, 3.63) is 76.4 Å². The largest absolute Gasteiger partial charge is 0.496 e. The molecule has 0 saturated heterocycles. The van der Waals surface area contributed by atoms with Gasteiger partial charge in [-0.1, -0.05) is 32.9 Å². The van der Waals surface area contributed by atoms with Crippen LogP contribution in [-0.4, -0.2) is 47.5 Å². The Balaban J connectivity index is 1.50. The van der Waals surface area contributed by atoms with Gasteiger partial charge in [-0.2, -0.15) is 0 Å². The number of aliphatic hydroxyl groups excluding tert-OH is 1. The smallest absolute Gasteiger partial charge is 0.345 e. The first-order valence-electron chi connectivity index (χ1n) is 15.8. The summed E-state index contributed by atoms with van der Waals surface area (Å²) in [4.78, 5) is 43.6. The van der Waals surface area contributed by atoms with Crippen LogP contribution in [0.3, 0.4) is 0 Å². The van der Waals surface area contributed by atoms with Crippen LogP contribution in [0.5, 0.6) is 11.5 Å². The van der Waals surface area contributed by atoms with Crippen LogP contribution in [0.15, 0.2) is 64.1 Å². The molecule has 46 heavy (non-hydrogen) atoms. The highest BCUT2D eigenvalue weighted by molar-refractivity contribution is 5.92. The number of rotatable bonds is 6. The quantitative estimate of drug-likeness (QED) is 0.335. The lowest BCUT2D eigenvalue weighted by Crippen LogP contribution is -2.70. The van der Waals surface area contributed by atoms with Crippen molar-refractivity contribution in [1.82, 2.24) is 4.98 Å². The minimum absolute atomic E-state index is 0.0344. The summed E-state index contributed by atoms with van der Waals surface area (Å²) in [6.07, 6.45) is 2.95. The van der Waals surface area contributed by atoms with Crippen LogP contribution >= 0.6 is 0 Å². The lowest BCUT2D eigenvalue weighted by atomic mass is 9.41. The highest BCUT2D eigenvalue weighted by Gasteiger charge is 2.70. The van der Waals surface area contributed by atoms with E-state index < -0.39 is 46.2 Å². The number of hydrogen-bond acceptors (Lipinski definition) is 10. The molecule has 2 saturated carbocycles. The van der Waals surface area contributed by atoms with Crippen molar-refractivity contribution in [2.45, 2.75) is 71.7 Å². The molecular weight excluding hydrogens is 590 g/mol. The molecule has 244 valence electrons. The van der Waals surface area contributed by atoms with Gasteiger partial charge in [-0.05, 0) is 67.7 Å². The molecule has 0 bridgehead atoms. The second-order valence-electron chi connectivity index (χ2n) is 13.7. The Hall–Kier alpha value is -4.18. The van der Waals surface area contributed by atoms with E-state index in [1.807, 2.05) is 6.92 Å². The first-order chi connectivity index (χ1) is 21.8. The summed E-state index contributed by atoms with van der Waals surface area (Å²) in [5.74, 6) is -0.893. The molecule has 2 aromatic heterocycles. The van der Waals surface area contributed by atoms with E-state index in [4.69, 9.17) is 23.4 Å². The number of carbonyl (C=O) groups is 2. The number of aliphatic hydroxyl groups is 1. The van der Waals surface area contributed by atoms with E-state index in [1.54, 1.807) is 54.9 Å². The van der Waals surface area contributed by atoms with Gasteiger partial charge in [0.1, 0.15) is 40.1 Å². The Morgan fingerprint density at radius 2 is 1.89 bits per heavy atom. The number of aromatic nitrogens is 1. The SMILES string of the molecule is COc1ccccc1C(=O)O[C@H]1CC2[C@](C)(CC[C@H](C)[C@@]2(C)COC(C)=O)C2[C@@H](O)c3c(cc(-c4cccnc4)oc3=O)O[C@@]21C. The fraction of sp³-hybridized carbons (Fsp3) is 0.500. The minimum atomic E-state index is -1.29. The molecule has 2 unspecified atom stereocenters. The molecule has 3 aliphatic rings. The maximum absolute atomic E-state index is 13.8. The van der Waals surface area contributed by atoms with Gasteiger partial charge in [0.15, 0.2) is 0 Å². The lowest BCUT2D eigenvalue weighted by molar-refractivity contribution is -0.257. The lowest BCUT2D eigenvalue weighted by Gasteiger charge is -2.66. The predicted molar refractivity (Wildman–Crippen MR) is 167 cm³/mol. The van der Waals surface area contributed by atoms with Crippen LogP contribution in [0.4, 0.5) is 0 Å². The van der Waals surface area contributed by atoms with Crippen molar-refractivity contribution in [3.8, 4) is 22.8 Å². The molecule has 3 heterocycles. The Bertz CT molecular complexity index is 1700. The summed E-state index contributed by atoms with van der Waals surface area (Å²) < 4.78 is 30.0. The van der Waals surface area contributed by atoms with Gasteiger partial charge in [-0.3, -0.25) is 9.78 Å². The van der Waals surface area contributed by atoms with Gasteiger partial charge in [0, 0.05) is 42.3 Å². The minimum Gasteiger partial charge on any atom is -0.496 e. The molecule has 10 heteroatoms. The Morgan fingerprint density at radius 1 is 1.13 bits per heavy atom. The van der Waals surface area contributed by atoms with Crippen LogP contribution < -0.4 is 15.1 Å². The normalized spacial score (nSPS) is 33.0. The average molecular weight is 632 g/mol. The summed E-state index contributed by atoms with van der Waals surface area (Å²) >= 11 is 0. The van der Waals surface area contributed by atoms with Gasteiger partial charge in [0.05, 0.1) is 19.8 Å². The molecule has 0 amide bonds. The molecule has 0 spiro atoms. The van der Waals surface area contributed by atoms with Gasteiger partial charge in [-0.25, -0.2) is 9.59 Å². The molecule has 2 fully saturated rings. The molecule has 0 radical (unpaired) electrons. The average Bonchev–Trinajstić information content (AvgIpc) is 3.03. The number of para-hydroxylation sites is 1. The third kappa shape index (κ3) is 4.98. The zero-order valence-corrected chi connectivity index (χ0v) is 27.1. The zero-order valence-electron chi connectivity index (χ0n) is 27.1. The maximum Gasteiger partial charge on any atom is 0.345 e. The van der Waals surface area contributed by atoms with E-state index in [-0.39, 0.29) is 47.0 Å². The van der Waals surface area contributed by atoms with E-state index in [0.29, 0.717) is 17.7 Å². The molecule has 1 aromatic carbocycles. The number of esters is 2. The van der Waals surface area contributed by atoms with Crippen molar-refractivity contribution < 1.29 is 38.1 Å². The van der Waals surface area contributed by atoms with E-state index in [1.165, 1.54) is 14.0 Å². The van der Waals surface area contributed by atoms with Gasteiger partial charge < -0.3 is 28.5 Å². The molecule has 2 aliphatic carbocycles. The number of nitrogens with zero attached hydrogens (tertiary/aromatic N) is 1. The van der Waals surface area contributed by atoms with E-state index in [9.17, 15) is 19.5 Å². The van der Waals surface area contributed by atoms with Gasteiger partial charge in [0.2, 0.25) is 0 Å². The fourth-order valence-electron chi connectivity index (χ4n) is 8.70. The number of carbonyl (C=O) groups excluding carboxylic acids is 2. The summed E-state index contributed by atoms with van der Waals surface area (Å²) in [5, 5.41) is 12.3. The first kappa shape index (κ1) is 31.8. The Labute approximate surface area is 268 Å². The molecule has 10 nitrogen and oxygen atoms in total. The maximum atomic E-state index is 13.8. The summed E-state index contributed by atoms with van der Waals surface area (Å²) in [6.45, 7) is 9.77. The van der Waals surface area contributed by atoms with Crippen molar-refractivity contribution in [3.63, 3.8) is 0 Å². The predicted octanol–water partition coefficient (Wildman–Crippen LogP) is 5.76. The number of methoxy groups -OCH3 is 1. The molecule has 8 atom stereocenters. The van der Waals surface area contributed by atoms with Gasteiger partial charge in [0.25, 0.3) is 0 Å². The first-order valence-corrected chi connectivity index (χ1v) is 15.8. The number of pyridine rings is 1. The molecule has 1 N–H and O–H groups in total. The zero-order chi connectivity index (χ0) is 33.0. The Kier molecular flexibility index (Phi) is 7.99. The van der Waals surface area contributed by atoms with Gasteiger partial charge in [-0.15, -0.1) is 0 Å².